The molecule has 3 saturated heterocycles. The van der Waals surface area contributed by atoms with Crippen LogP contribution in [-0.2, 0) is 25.6 Å². The molecule has 3 aliphatic rings. The van der Waals surface area contributed by atoms with Crippen molar-refractivity contribution in [2.24, 2.45) is 11.3 Å². The molecule has 146 valence electrons. The standard InChI is InChI=1S/C21H27NO5/c1-21(13-26-14-21)9-19(23)16-7-17-11-25-12-18(8-16)22(17)20(24)27-10-15-5-3-2-4-6-15/h2-6,16-18H,7-14H2,1H3. The minimum Gasteiger partial charge on any atom is -0.445 e. The highest BCUT2D eigenvalue weighted by atomic mass is 16.6. The largest absolute Gasteiger partial charge is 0.445 e. The van der Waals surface area contributed by atoms with Crippen molar-refractivity contribution in [2.45, 2.75) is 44.9 Å². The highest BCUT2D eigenvalue weighted by Crippen LogP contribution is 2.37. The number of carbonyl (C=O) groups is 2. The summed E-state index contributed by atoms with van der Waals surface area (Å²) in [5, 5.41) is 0. The molecule has 1 amide bonds. The van der Waals surface area contributed by atoms with Gasteiger partial charge in [-0.05, 0) is 18.4 Å². The molecule has 27 heavy (non-hydrogen) atoms. The Labute approximate surface area is 159 Å². The van der Waals surface area contributed by atoms with Crippen LogP contribution in [0.25, 0.3) is 0 Å². The third-order valence-corrected chi connectivity index (χ3v) is 5.89. The molecule has 0 aromatic heterocycles. The van der Waals surface area contributed by atoms with Crippen molar-refractivity contribution in [2.75, 3.05) is 26.4 Å². The molecule has 1 aromatic carbocycles. The van der Waals surface area contributed by atoms with E-state index in [1.165, 1.54) is 0 Å². The van der Waals surface area contributed by atoms with Gasteiger partial charge in [-0.15, -0.1) is 0 Å². The second-order valence-corrected chi connectivity index (χ2v) is 8.41. The first-order valence-electron chi connectivity index (χ1n) is 9.71. The van der Waals surface area contributed by atoms with Gasteiger partial charge < -0.3 is 14.2 Å². The van der Waals surface area contributed by atoms with E-state index >= 15 is 0 Å². The number of carbonyl (C=O) groups excluding carboxylic acids is 2. The van der Waals surface area contributed by atoms with Gasteiger partial charge in [0.25, 0.3) is 0 Å². The number of nitrogens with zero attached hydrogens (tertiary/aromatic N) is 1. The van der Waals surface area contributed by atoms with Crippen molar-refractivity contribution in [1.29, 1.82) is 0 Å². The van der Waals surface area contributed by atoms with Gasteiger partial charge in [-0.3, -0.25) is 9.69 Å². The van der Waals surface area contributed by atoms with E-state index in [-0.39, 0.29) is 36.1 Å². The Hall–Kier alpha value is -1.92. The van der Waals surface area contributed by atoms with Crippen LogP contribution in [-0.4, -0.2) is 55.3 Å². The molecule has 3 heterocycles. The van der Waals surface area contributed by atoms with E-state index in [9.17, 15) is 9.59 Å². The number of rotatable bonds is 5. The number of ether oxygens (including phenoxy) is 3. The number of piperidine rings is 1. The molecule has 1 aromatic rings. The maximum atomic E-state index is 12.8. The second-order valence-electron chi connectivity index (χ2n) is 8.41. The van der Waals surface area contributed by atoms with Crippen molar-refractivity contribution in [3.8, 4) is 0 Å². The number of hydrogen-bond donors (Lipinski definition) is 0. The molecular weight excluding hydrogens is 346 g/mol. The van der Waals surface area contributed by atoms with Gasteiger partial charge in [-0.1, -0.05) is 37.3 Å². The Morgan fingerprint density at radius 2 is 1.78 bits per heavy atom. The molecule has 0 aliphatic carbocycles. The maximum Gasteiger partial charge on any atom is 0.410 e. The van der Waals surface area contributed by atoms with Gasteiger partial charge in [0.1, 0.15) is 12.4 Å². The number of ketones is 1. The maximum absolute atomic E-state index is 12.8. The molecule has 2 atom stereocenters. The van der Waals surface area contributed by atoms with Crippen LogP contribution >= 0.6 is 0 Å². The van der Waals surface area contributed by atoms with Crippen molar-refractivity contribution >= 4 is 11.9 Å². The van der Waals surface area contributed by atoms with Gasteiger partial charge >= 0.3 is 6.09 Å². The summed E-state index contributed by atoms with van der Waals surface area (Å²) in [4.78, 5) is 27.3. The van der Waals surface area contributed by atoms with Gasteiger partial charge in [0.15, 0.2) is 0 Å². The first kappa shape index (κ1) is 18.4. The quantitative estimate of drug-likeness (QED) is 0.794. The van der Waals surface area contributed by atoms with E-state index < -0.39 is 0 Å². The van der Waals surface area contributed by atoms with Crippen LogP contribution in [0.15, 0.2) is 30.3 Å². The summed E-state index contributed by atoms with van der Waals surface area (Å²) < 4.78 is 16.5. The lowest BCUT2D eigenvalue weighted by atomic mass is 9.75. The normalized spacial score (nSPS) is 28.9. The van der Waals surface area contributed by atoms with E-state index in [1.807, 2.05) is 35.2 Å². The fourth-order valence-corrected chi connectivity index (χ4v) is 4.39. The zero-order valence-electron chi connectivity index (χ0n) is 15.8. The molecule has 3 aliphatic heterocycles. The fraction of sp³-hybridized carbons (Fsp3) is 0.619. The molecule has 4 rings (SSSR count). The van der Waals surface area contributed by atoms with Crippen molar-refractivity contribution in [3.63, 3.8) is 0 Å². The number of morpholine rings is 1. The van der Waals surface area contributed by atoms with Crippen molar-refractivity contribution in [3.05, 3.63) is 35.9 Å². The highest BCUT2D eigenvalue weighted by molar-refractivity contribution is 5.82. The molecular formula is C21H27NO5. The van der Waals surface area contributed by atoms with Crippen LogP contribution in [0.4, 0.5) is 4.79 Å². The summed E-state index contributed by atoms with van der Waals surface area (Å²) in [7, 11) is 0. The van der Waals surface area contributed by atoms with E-state index in [4.69, 9.17) is 14.2 Å². The summed E-state index contributed by atoms with van der Waals surface area (Å²) >= 11 is 0. The van der Waals surface area contributed by atoms with Gasteiger partial charge in [0, 0.05) is 17.8 Å². The SMILES string of the molecule is CC1(CC(=O)C2CC3COCC(C2)N3C(=O)OCc2ccccc2)COC1. The number of Topliss-reactive ketones (excluding diaryl/α,β-unsaturated/α-hetero) is 1. The zero-order valence-corrected chi connectivity index (χ0v) is 15.8. The Morgan fingerprint density at radius 1 is 1.11 bits per heavy atom. The van der Waals surface area contributed by atoms with Crippen LogP contribution in [0, 0.1) is 11.3 Å². The van der Waals surface area contributed by atoms with Gasteiger partial charge in [0.05, 0.1) is 38.5 Å². The molecule has 0 N–H and O–H groups in total. The number of amides is 1. The van der Waals surface area contributed by atoms with Crippen LogP contribution in [0.1, 0.15) is 31.7 Å². The van der Waals surface area contributed by atoms with Crippen LogP contribution < -0.4 is 0 Å². The molecule has 2 unspecified atom stereocenters. The molecule has 0 radical (unpaired) electrons. The third-order valence-electron chi connectivity index (χ3n) is 5.89. The number of fused-ring (bicyclic) bond motifs is 2. The van der Waals surface area contributed by atoms with Crippen molar-refractivity contribution < 1.29 is 23.8 Å². The van der Waals surface area contributed by atoms with Gasteiger partial charge in [0.2, 0.25) is 0 Å². The third kappa shape index (κ3) is 4.01. The summed E-state index contributed by atoms with van der Waals surface area (Å²) in [5.74, 6) is 0.300. The van der Waals surface area contributed by atoms with Gasteiger partial charge in [-0.2, -0.15) is 0 Å². The van der Waals surface area contributed by atoms with E-state index in [0.29, 0.717) is 51.5 Å². The lowest BCUT2D eigenvalue weighted by Gasteiger charge is -2.48. The molecule has 0 saturated carbocycles. The van der Waals surface area contributed by atoms with E-state index in [2.05, 4.69) is 6.92 Å². The average molecular weight is 373 g/mol. The van der Waals surface area contributed by atoms with Crippen LogP contribution in [0.5, 0.6) is 0 Å². The summed E-state index contributed by atoms with van der Waals surface area (Å²) in [6.07, 6.45) is 1.58. The van der Waals surface area contributed by atoms with Crippen LogP contribution in [0.2, 0.25) is 0 Å². The minimum atomic E-state index is -0.303. The number of hydrogen-bond acceptors (Lipinski definition) is 5. The smallest absolute Gasteiger partial charge is 0.410 e. The Kier molecular flexibility index (Phi) is 5.19. The predicted octanol–water partition coefficient (Wildman–Crippen LogP) is 2.80. The predicted molar refractivity (Wildman–Crippen MR) is 98.1 cm³/mol. The Morgan fingerprint density at radius 3 is 2.37 bits per heavy atom. The Balaban J connectivity index is 1.36. The van der Waals surface area contributed by atoms with E-state index in [0.717, 1.165) is 5.56 Å². The molecule has 6 heteroatoms. The zero-order chi connectivity index (χ0) is 18.9. The molecule has 0 spiro atoms. The second kappa shape index (κ2) is 7.60. The van der Waals surface area contributed by atoms with Crippen LogP contribution in [0.3, 0.4) is 0 Å². The molecule has 6 nitrogen and oxygen atoms in total. The monoisotopic (exact) mass is 373 g/mol. The lowest BCUT2D eigenvalue weighted by molar-refractivity contribution is -0.146. The van der Waals surface area contributed by atoms with Crippen molar-refractivity contribution in [1.82, 2.24) is 4.90 Å². The summed E-state index contributed by atoms with van der Waals surface area (Å²) in [6.45, 7) is 4.65. The van der Waals surface area contributed by atoms with E-state index in [1.54, 1.807) is 0 Å². The average Bonchev–Trinajstić information content (AvgIpc) is 2.64. The summed E-state index contributed by atoms with van der Waals surface area (Å²) in [5.41, 5.74) is 0.960. The fourth-order valence-electron chi connectivity index (χ4n) is 4.39. The topological polar surface area (TPSA) is 65.1 Å². The van der Waals surface area contributed by atoms with Gasteiger partial charge in [-0.25, -0.2) is 4.79 Å². The lowest BCUT2D eigenvalue weighted by Crippen LogP contribution is -2.60. The number of benzene rings is 1. The Bertz CT molecular complexity index is 673. The molecule has 3 fully saturated rings. The first-order valence-corrected chi connectivity index (χ1v) is 9.71. The minimum absolute atomic E-state index is 0.000465. The first-order chi connectivity index (χ1) is 13.0. The summed E-state index contributed by atoms with van der Waals surface area (Å²) in [6, 6.07) is 9.50. The molecule has 2 bridgehead atoms. The highest BCUT2D eigenvalue weighted by Gasteiger charge is 2.46.